The minimum Gasteiger partial charge on any atom is -0.381 e. The van der Waals surface area contributed by atoms with Crippen LogP contribution in [-0.4, -0.2) is 56.9 Å². The Balaban J connectivity index is 1.56. The maximum Gasteiger partial charge on any atom is 0.0478 e. The topological polar surface area (TPSA) is 27.7 Å². The summed E-state index contributed by atoms with van der Waals surface area (Å²) in [5.41, 5.74) is 2.72. The molecule has 0 aromatic heterocycles. The molecule has 0 amide bonds. The molecule has 0 radical (unpaired) electrons. The fraction of sp³-hybridized carbons (Fsp3) is 0.739. The van der Waals surface area contributed by atoms with Crippen molar-refractivity contribution in [2.24, 2.45) is 5.92 Å². The van der Waals surface area contributed by atoms with Crippen molar-refractivity contribution in [1.29, 1.82) is 0 Å². The van der Waals surface area contributed by atoms with Gasteiger partial charge >= 0.3 is 0 Å². The Labute approximate surface area is 167 Å². The van der Waals surface area contributed by atoms with Crippen LogP contribution in [0.1, 0.15) is 52.5 Å². The maximum atomic E-state index is 5.69. The van der Waals surface area contributed by atoms with Gasteiger partial charge in [-0.3, -0.25) is 4.90 Å². The zero-order chi connectivity index (χ0) is 19.5. The largest absolute Gasteiger partial charge is 0.381 e. The third kappa shape index (κ3) is 8.63. The summed E-state index contributed by atoms with van der Waals surface area (Å²) in [6.07, 6.45) is 3.53. The Bertz CT molecular complexity index is 493. The first-order valence-electron chi connectivity index (χ1n) is 10.9. The minimum atomic E-state index is 0.658. The fourth-order valence-corrected chi connectivity index (χ4v) is 3.55. The van der Waals surface area contributed by atoms with Crippen molar-refractivity contribution in [3.63, 3.8) is 0 Å². The molecule has 1 aliphatic heterocycles. The molecule has 1 aromatic carbocycles. The highest BCUT2D eigenvalue weighted by atomic mass is 16.5. The van der Waals surface area contributed by atoms with E-state index in [0.29, 0.717) is 6.04 Å². The number of piperazine rings is 1. The molecular formula is C23H41N3O. The van der Waals surface area contributed by atoms with Crippen molar-refractivity contribution >= 4 is 5.69 Å². The van der Waals surface area contributed by atoms with Gasteiger partial charge in [0.15, 0.2) is 0 Å². The van der Waals surface area contributed by atoms with Gasteiger partial charge in [-0.2, -0.15) is 0 Å². The van der Waals surface area contributed by atoms with Crippen molar-refractivity contribution in [1.82, 2.24) is 10.2 Å². The van der Waals surface area contributed by atoms with E-state index in [1.54, 1.807) is 0 Å². The quantitative estimate of drug-likeness (QED) is 0.556. The molecule has 2 rings (SSSR count). The number of rotatable bonds is 12. The highest BCUT2D eigenvalue weighted by Gasteiger charge is 2.18. The predicted molar refractivity (Wildman–Crippen MR) is 117 cm³/mol. The maximum absolute atomic E-state index is 5.69. The average molecular weight is 376 g/mol. The lowest BCUT2D eigenvalue weighted by atomic mass is 10.1. The van der Waals surface area contributed by atoms with E-state index in [0.717, 1.165) is 51.7 Å². The number of hydrogen-bond acceptors (Lipinski definition) is 4. The second-order valence-electron chi connectivity index (χ2n) is 8.46. The molecule has 1 heterocycles. The van der Waals surface area contributed by atoms with E-state index in [1.807, 2.05) is 0 Å². The summed E-state index contributed by atoms with van der Waals surface area (Å²) in [5.74, 6) is 0.784. The van der Waals surface area contributed by atoms with Crippen LogP contribution in [0.15, 0.2) is 24.3 Å². The summed E-state index contributed by atoms with van der Waals surface area (Å²) in [6.45, 7) is 17.4. The zero-order valence-electron chi connectivity index (χ0n) is 18.0. The molecule has 1 saturated heterocycles. The van der Waals surface area contributed by atoms with E-state index in [-0.39, 0.29) is 0 Å². The van der Waals surface area contributed by atoms with Crippen molar-refractivity contribution in [3.05, 3.63) is 29.8 Å². The van der Waals surface area contributed by atoms with Gasteiger partial charge in [-0.15, -0.1) is 0 Å². The van der Waals surface area contributed by atoms with Crippen LogP contribution in [0.5, 0.6) is 0 Å². The van der Waals surface area contributed by atoms with Crippen LogP contribution in [0.4, 0.5) is 5.69 Å². The molecular weight excluding hydrogens is 334 g/mol. The first-order valence-corrected chi connectivity index (χ1v) is 10.9. The normalized spacial score (nSPS) is 15.9. The van der Waals surface area contributed by atoms with Gasteiger partial charge in [-0.1, -0.05) is 26.0 Å². The number of nitrogens with zero attached hydrogens (tertiary/aromatic N) is 2. The van der Waals surface area contributed by atoms with E-state index in [9.17, 15) is 0 Å². The Hall–Kier alpha value is -1.10. The van der Waals surface area contributed by atoms with E-state index >= 15 is 0 Å². The molecule has 1 N–H and O–H groups in total. The zero-order valence-corrected chi connectivity index (χ0v) is 18.0. The third-order valence-electron chi connectivity index (χ3n) is 5.39. The first kappa shape index (κ1) is 22.2. The minimum absolute atomic E-state index is 0.658. The van der Waals surface area contributed by atoms with Gasteiger partial charge in [0.1, 0.15) is 0 Å². The van der Waals surface area contributed by atoms with E-state index < -0.39 is 0 Å². The number of ether oxygens (including phenoxy) is 1. The Morgan fingerprint density at radius 3 is 2.22 bits per heavy atom. The fourth-order valence-electron chi connectivity index (χ4n) is 3.55. The van der Waals surface area contributed by atoms with Crippen LogP contribution < -0.4 is 10.2 Å². The smallest absolute Gasteiger partial charge is 0.0478 e. The highest BCUT2D eigenvalue weighted by molar-refractivity contribution is 5.48. The number of benzene rings is 1. The molecule has 4 nitrogen and oxygen atoms in total. The van der Waals surface area contributed by atoms with E-state index in [4.69, 9.17) is 4.74 Å². The lowest BCUT2D eigenvalue weighted by molar-refractivity contribution is 0.125. The predicted octanol–water partition coefficient (Wildman–Crippen LogP) is 4.15. The van der Waals surface area contributed by atoms with Gasteiger partial charge in [0.05, 0.1) is 0 Å². The number of hydrogen-bond donors (Lipinski definition) is 1. The van der Waals surface area contributed by atoms with Crippen LogP contribution in [0.3, 0.4) is 0 Å². The number of anilines is 1. The van der Waals surface area contributed by atoms with Crippen LogP contribution in [0, 0.1) is 5.92 Å². The molecule has 0 unspecified atom stereocenters. The van der Waals surface area contributed by atoms with Crippen LogP contribution in [0.2, 0.25) is 0 Å². The van der Waals surface area contributed by atoms with Gasteiger partial charge < -0.3 is 15.0 Å². The molecule has 0 spiro atoms. The van der Waals surface area contributed by atoms with Crippen molar-refractivity contribution in [2.75, 3.05) is 50.8 Å². The summed E-state index contributed by atoms with van der Waals surface area (Å²) < 4.78 is 5.69. The SMILES string of the molecule is CC(C)CCCOCCCNCc1ccc(N2CCN(C(C)C)CC2)cc1. The first-order chi connectivity index (χ1) is 13.1. The van der Waals surface area contributed by atoms with E-state index in [2.05, 4.69) is 67.1 Å². The molecule has 0 saturated carbocycles. The highest BCUT2D eigenvalue weighted by Crippen LogP contribution is 2.18. The van der Waals surface area contributed by atoms with Gasteiger partial charge in [0.2, 0.25) is 0 Å². The summed E-state index contributed by atoms with van der Waals surface area (Å²) in [5, 5.41) is 3.53. The molecule has 27 heavy (non-hydrogen) atoms. The van der Waals surface area contributed by atoms with Crippen LogP contribution in [-0.2, 0) is 11.3 Å². The molecule has 0 atom stereocenters. The van der Waals surface area contributed by atoms with Crippen LogP contribution in [0.25, 0.3) is 0 Å². The summed E-state index contributed by atoms with van der Waals surface area (Å²) >= 11 is 0. The summed E-state index contributed by atoms with van der Waals surface area (Å²) in [7, 11) is 0. The number of nitrogens with one attached hydrogen (secondary N) is 1. The van der Waals surface area contributed by atoms with Gasteiger partial charge in [0, 0.05) is 57.7 Å². The molecule has 1 aliphatic rings. The Kier molecular flexibility index (Phi) is 10.2. The summed E-state index contributed by atoms with van der Waals surface area (Å²) in [4.78, 5) is 5.07. The van der Waals surface area contributed by atoms with Crippen molar-refractivity contribution < 1.29 is 4.74 Å². The lowest BCUT2D eigenvalue weighted by Crippen LogP contribution is -2.48. The molecule has 0 bridgehead atoms. The molecule has 1 fully saturated rings. The summed E-state index contributed by atoms with van der Waals surface area (Å²) in [6, 6.07) is 9.74. The van der Waals surface area contributed by atoms with Crippen molar-refractivity contribution in [2.45, 2.75) is 59.5 Å². The van der Waals surface area contributed by atoms with E-state index in [1.165, 1.54) is 37.2 Å². The molecule has 154 valence electrons. The Morgan fingerprint density at radius 1 is 0.926 bits per heavy atom. The third-order valence-corrected chi connectivity index (χ3v) is 5.39. The lowest BCUT2D eigenvalue weighted by Gasteiger charge is -2.38. The van der Waals surface area contributed by atoms with Crippen molar-refractivity contribution in [3.8, 4) is 0 Å². The second-order valence-corrected chi connectivity index (χ2v) is 8.46. The standard InChI is InChI=1S/C23H41N3O/c1-20(2)7-5-17-27-18-6-12-24-19-22-8-10-23(11-9-22)26-15-13-25(14-16-26)21(3)4/h8-11,20-21,24H,5-7,12-19H2,1-4H3. The monoisotopic (exact) mass is 375 g/mol. The second kappa shape index (κ2) is 12.4. The molecule has 1 aromatic rings. The van der Waals surface area contributed by atoms with Gasteiger partial charge in [-0.25, -0.2) is 0 Å². The molecule has 0 aliphatic carbocycles. The molecule has 4 heteroatoms. The van der Waals surface area contributed by atoms with Gasteiger partial charge in [-0.05, 0) is 63.3 Å². The van der Waals surface area contributed by atoms with Gasteiger partial charge in [0.25, 0.3) is 0 Å². The average Bonchev–Trinajstić information content (AvgIpc) is 2.67. The Morgan fingerprint density at radius 2 is 1.59 bits per heavy atom. The van der Waals surface area contributed by atoms with Crippen LogP contribution >= 0.6 is 0 Å².